The van der Waals surface area contributed by atoms with Gasteiger partial charge in [0.15, 0.2) is 11.6 Å². The zero-order valence-electron chi connectivity index (χ0n) is 23.2. The highest BCUT2D eigenvalue weighted by Crippen LogP contribution is 2.54. The number of aromatic nitrogens is 3. The minimum atomic E-state index is -0.514. The number of carbonyl (C=O) groups is 2. The molecule has 0 fully saturated rings. The van der Waals surface area contributed by atoms with E-state index >= 15 is 0 Å². The van der Waals surface area contributed by atoms with Crippen LogP contribution in [0.15, 0.2) is 81.9 Å². The number of nitrogens with zero attached hydrogens (tertiary/aromatic N) is 3. The topological polar surface area (TPSA) is 83.3 Å². The second kappa shape index (κ2) is 9.84. The minimum Gasteiger partial charge on any atom is -0.487 e. The molecule has 40 heavy (non-hydrogen) atoms. The minimum absolute atomic E-state index is 0.0344. The standard InChI is InChI=1S/C32H32BrN3O4/c1-31(2)13-23(37)29-26(15-31)40-27-16-32(3,4)14-24(38)30(27)28(29)22-10-5-6-11-25(22)39-18-20-17-36(35-34-20)21-9-7-8-19(33)12-21/h5-12,17,28H,13-16,18H2,1-4H3. The van der Waals surface area contributed by atoms with E-state index in [0.29, 0.717) is 59.8 Å². The van der Waals surface area contributed by atoms with E-state index in [4.69, 9.17) is 9.47 Å². The van der Waals surface area contributed by atoms with Crippen molar-refractivity contribution in [2.24, 2.45) is 10.8 Å². The zero-order chi connectivity index (χ0) is 28.2. The number of hydrogen-bond acceptors (Lipinski definition) is 6. The Morgan fingerprint density at radius 2 is 1.57 bits per heavy atom. The molecule has 0 spiro atoms. The van der Waals surface area contributed by atoms with Crippen molar-refractivity contribution in [2.75, 3.05) is 0 Å². The van der Waals surface area contributed by atoms with Crippen molar-refractivity contribution in [3.63, 3.8) is 0 Å². The van der Waals surface area contributed by atoms with E-state index in [1.165, 1.54) is 0 Å². The fourth-order valence-electron chi connectivity index (χ4n) is 6.10. The van der Waals surface area contributed by atoms with E-state index in [1.807, 2.05) is 54.7 Å². The van der Waals surface area contributed by atoms with Crippen molar-refractivity contribution in [3.8, 4) is 11.4 Å². The summed E-state index contributed by atoms with van der Waals surface area (Å²) >= 11 is 3.49. The van der Waals surface area contributed by atoms with E-state index in [0.717, 1.165) is 15.7 Å². The van der Waals surface area contributed by atoms with Crippen LogP contribution >= 0.6 is 15.9 Å². The summed E-state index contributed by atoms with van der Waals surface area (Å²) in [4.78, 5) is 27.3. The summed E-state index contributed by atoms with van der Waals surface area (Å²) in [6.45, 7) is 8.54. The molecule has 3 aromatic rings. The zero-order valence-corrected chi connectivity index (χ0v) is 24.7. The normalized spacial score (nSPS) is 20.2. The van der Waals surface area contributed by atoms with Crippen LogP contribution < -0.4 is 4.74 Å². The van der Waals surface area contributed by atoms with Gasteiger partial charge in [-0.15, -0.1) is 5.10 Å². The first-order valence-corrected chi connectivity index (χ1v) is 14.4. The van der Waals surface area contributed by atoms with Gasteiger partial charge in [0.25, 0.3) is 0 Å². The molecule has 0 N–H and O–H groups in total. The fourth-order valence-corrected chi connectivity index (χ4v) is 6.48. The van der Waals surface area contributed by atoms with Crippen LogP contribution in [0.2, 0.25) is 0 Å². The number of benzene rings is 2. The molecule has 7 nitrogen and oxygen atoms in total. The molecule has 6 rings (SSSR count). The van der Waals surface area contributed by atoms with Gasteiger partial charge in [0, 0.05) is 46.9 Å². The van der Waals surface area contributed by atoms with Gasteiger partial charge in [-0.2, -0.15) is 0 Å². The van der Waals surface area contributed by atoms with Crippen molar-refractivity contribution in [3.05, 3.63) is 93.1 Å². The van der Waals surface area contributed by atoms with Crippen molar-refractivity contribution < 1.29 is 19.1 Å². The van der Waals surface area contributed by atoms with Crippen LogP contribution in [-0.2, 0) is 20.9 Å². The lowest BCUT2D eigenvalue weighted by Gasteiger charge is -2.43. The van der Waals surface area contributed by atoms with Crippen LogP contribution in [0.3, 0.4) is 0 Å². The lowest BCUT2D eigenvalue weighted by Crippen LogP contribution is -2.37. The van der Waals surface area contributed by atoms with Gasteiger partial charge < -0.3 is 9.47 Å². The van der Waals surface area contributed by atoms with Gasteiger partial charge in [-0.1, -0.05) is 73.1 Å². The Morgan fingerprint density at radius 1 is 0.925 bits per heavy atom. The first-order valence-electron chi connectivity index (χ1n) is 13.6. The quantitative estimate of drug-likeness (QED) is 0.313. The summed E-state index contributed by atoms with van der Waals surface area (Å²) in [6, 6.07) is 15.5. The van der Waals surface area contributed by atoms with Gasteiger partial charge >= 0.3 is 0 Å². The predicted octanol–water partition coefficient (Wildman–Crippen LogP) is 7.01. The third-order valence-electron chi connectivity index (χ3n) is 7.80. The maximum Gasteiger partial charge on any atom is 0.163 e. The van der Waals surface area contributed by atoms with Crippen LogP contribution in [-0.4, -0.2) is 26.6 Å². The first kappa shape index (κ1) is 26.7. The molecule has 3 aliphatic rings. The van der Waals surface area contributed by atoms with Gasteiger partial charge in [0.2, 0.25) is 0 Å². The molecular weight excluding hydrogens is 570 g/mol. The molecule has 1 aromatic heterocycles. The van der Waals surface area contributed by atoms with E-state index in [1.54, 1.807) is 4.68 Å². The number of carbonyl (C=O) groups excluding carboxylic acids is 2. The summed E-state index contributed by atoms with van der Waals surface area (Å²) in [5.74, 6) is 1.56. The molecule has 0 bridgehead atoms. The van der Waals surface area contributed by atoms with Crippen molar-refractivity contribution in [1.29, 1.82) is 0 Å². The SMILES string of the molecule is CC1(C)CC(=O)C2=C(C1)OC1=C(C(=O)CC(C)(C)C1)C2c1ccccc1OCc1cn(-c2cccc(Br)c2)nn1. The summed E-state index contributed by atoms with van der Waals surface area (Å²) < 4.78 is 15.4. The third-order valence-corrected chi connectivity index (χ3v) is 8.29. The van der Waals surface area contributed by atoms with E-state index < -0.39 is 5.92 Å². The number of allylic oxidation sites excluding steroid dienone is 4. The maximum atomic E-state index is 13.7. The average molecular weight is 603 g/mol. The number of rotatable bonds is 5. The molecule has 1 aliphatic heterocycles. The largest absolute Gasteiger partial charge is 0.487 e. The molecule has 0 saturated carbocycles. The molecular formula is C32H32BrN3O4. The molecule has 0 radical (unpaired) electrons. The second-order valence-corrected chi connectivity index (χ2v) is 13.5. The summed E-state index contributed by atoms with van der Waals surface area (Å²) in [7, 11) is 0. The Labute approximate surface area is 242 Å². The van der Waals surface area contributed by atoms with E-state index in [9.17, 15) is 9.59 Å². The highest BCUT2D eigenvalue weighted by atomic mass is 79.9. The number of Topliss-reactive ketones (excluding diaryl/α,β-unsaturated/α-hetero) is 2. The molecule has 0 amide bonds. The first-order chi connectivity index (χ1) is 19.0. The second-order valence-electron chi connectivity index (χ2n) is 12.6. The van der Waals surface area contributed by atoms with Gasteiger partial charge in [-0.3, -0.25) is 9.59 Å². The number of para-hydroxylation sites is 1. The Hall–Kier alpha value is -3.52. The number of ketones is 2. The van der Waals surface area contributed by atoms with E-state index in [-0.39, 0.29) is 29.0 Å². The lowest BCUT2D eigenvalue weighted by molar-refractivity contribution is -0.120. The van der Waals surface area contributed by atoms with E-state index in [2.05, 4.69) is 53.9 Å². The van der Waals surface area contributed by atoms with Gasteiger partial charge in [-0.25, -0.2) is 4.68 Å². The Kier molecular flexibility index (Phi) is 6.56. The monoisotopic (exact) mass is 601 g/mol. The van der Waals surface area contributed by atoms with Crippen LogP contribution in [0.4, 0.5) is 0 Å². The average Bonchev–Trinajstić information content (AvgIpc) is 3.34. The number of ether oxygens (including phenoxy) is 2. The summed E-state index contributed by atoms with van der Waals surface area (Å²) in [6.07, 6.45) is 3.96. The summed E-state index contributed by atoms with van der Waals surface area (Å²) in [5, 5.41) is 8.54. The van der Waals surface area contributed by atoms with Crippen LogP contribution in [0.25, 0.3) is 5.69 Å². The fraction of sp³-hybridized carbons (Fsp3) is 0.375. The lowest BCUT2D eigenvalue weighted by atomic mass is 9.65. The van der Waals surface area contributed by atoms with Crippen molar-refractivity contribution in [2.45, 2.75) is 65.9 Å². The Balaban J connectivity index is 1.37. The molecule has 2 heterocycles. The van der Waals surface area contributed by atoms with Crippen molar-refractivity contribution >= 4 is 27.5 Å². The van der Waals surface area contributed by atoms with Gasteiger partial charge in [0.05, 0.1) is 17.8 Å². The molecule has 0 atom stereocenters. The summed E-state index contributed by atoms with van der Waals surface area (Å²) in [5.41, 5.74) is 3.13. The van der Waals surface area contributed by atoms with Crippen LogP contribution in [0.1, 0.15) is 70.6 Å². The molecule has 0 saturated heterocycles. The third kappa shape index (κ3) is 5.05. The highest BCUT2D eigenvalue weighted by molar-refractivity contribution is 9.10. The highest BCUT2D eigenvalue weighted by Gasteiger charge is 2.48. The molecule has 2 aromatic carbocycles. The molecule has 206 valence electrons. The van der Waals surface area contributed by atoms with Crippen LogP contribution in [0, 0.1) is 10.8 Å². The molecule has 8 heteroatoms. The number of halogens is 1. The Bertz CT molecular complexity index is 1540. The van der Waals surface area contributed by atoms with Crippen LogP contribution in [0.5, 0.6) is 5.75 Å². The van der Waals surface area contributed by atoms with Gasteiger partial charge in [-0.05, 0) is 35.1 Å². The number of hydrogen-bond donors (Lipinski definition) is 0. The smallest absolute Gasteiger partial charge is 0.163 e. The molecule has 0 unspecified atom stereocenters. The van der Waals surface area contributed by atoms with Gasteiger partial charge in [0.1, 0.15) is 29.6 Å². The predicted molar refractivity (Wildman–Crippen MR) is 154 cm³/mol. The molecule has 2 aliphatic carbocycles. The van der Waals surface area contributed by atoms with Crippen molar-refractivity contribution in [1.82, 2.24) is 15.0 Å². The maximum absolute atomic E-state index is 13.7. The Morgan fingerprint density at radius 3 is 2.23 bits per heavy atom.